The van der Waals surface area contributed by atoms with E-state index < -0.39 is 11.7 Å². The van der Waals surface area contributed by atoms with Gasteiger partial charge in [-0.05, 0) is 25.2 Å². The Morgan fingerprint density at radius 2 is 1.76 bits per heavy atom. The Morgan fingerprint density at radius 1 is 0.947 bits per heavy atom. The molecule has 1 aromatic carbocycles. The normalized spacial score (nSPS) is 14.5. The molecular weight excluding hydrogens is 497 g/mol. The van der Waals surface area contributed by atoms with E-state index in [4.69, 9.17) is 0 Å². The predicted molar refractivity (Wildman–Crippen MR) is 136 cm³/mol. The topological polar surface area (TPSA) is 109 Å². The van der Waals surface area contributed by atoms with E-state index in [0.717, 1.165) is 38.3 Å². The number of nitrogens with one attached hydrogen (secondary N) is 1. The van der Waals surface area contributed by atoms with Crippen LogP contribution in [-0.4, -0.2) is 73.0 Å². The van der Waals surface area contributed by atoms with Gasteiger partial charge in [-0.2, -0.15) is 28.1 Å². The van der Waals surface area contributed by atoms with Crippen molar-refractivity contribution >= 4 is 17.8 Å². The van der Waals surface area contributed by atoms with Gasteiger partial charge >= 0.3 is 6.18 Å². The molecule has 4 aromatic rings. The number of piperazine rings is 1. The molecule has 4 heterocycles. The van der Waals surface area contributed by atoms with Gasteiger partial charge in [-0.15, -0.1) is 0 Å². The average molecular weight is 523 g/mol. The summed E-state index contributed by atoms with van der Waals surface area (Å²) in [5.74, 6) is 1.55. The Bertz CT molecular complexity index is 1410. The van der Waals surface area contributed by atoms with Crippen molar-refractivity contribution in [2.24, 2.45) is 0 Å². The second-order valence-corrected chi connectivity index (χ2v) is 8.77. The fourth-order valence-electron chi connectivity index (χ4n) is 4.01. The Labute approximate surface area is 217 Å². The maximum Gasteiger partial charge on any atom is 0.416 e. The van der Waals surface area contributed by atoms with Gasteiger partial charge in [0.05, 0.1) is 17.0 Å². The standard InChI is InChI=1S/C25H25F3N10/c1-3-20-32-23(36-24(33-20)38-11-9-37(2)10-12-38)35-22-30-14-18(19-7-8-29-15-31-19)21(34-22)16-5-4-6-17(13-16)25(26,27)28/h4-8,13-15H,3,9-12H2,1-2H3,(H,30,32,33,34,35,36). The van der Waals surface area contributed by atoms with E-state index in [1.165, 1.54) is 18.6 Å². The molecule has 0 aliphatic carbocycles. The van der Waals surface area contributed by atoms with Crippen LogP contribution in [0.2, 0.25) is 0 Å². The lowest BCUT2D eigenvalue weighted by Gasteiger charge is -2.32. The van der Waals surface area contributed by atoms with Gasteiger partial charge in [0.1, 0.15) is 12.2 Å². The fraction of sp³-hybridized carbons (Fsp3) is 0.320. The van der Waals surface area contributed by atoms with E-state index in [9.17, 15) is 13.2 Å². The number of hydrogen-bond acceptors (Lipinski definition) is 10. The van der Waals surface area contributed by atoms with Crippen LogP contribution in [0.25, 0.3) is 22.5 Å². The number of aryl methyl sites for hydroxylation is 1. The molecule has 0 spiro atoms. The second kappa shape index (κ2) is 10.6. The second-order valence-electron chi connectivity index (χ2n) is 8.77. The average Bonchev–Trinajstić information content (AvgIpc) is 2.93. The molecule has 3 aromatic heterocycles. The highest BCUT2D eigenvalue weighted by atomic mass is 19.4. The summed E-state index contributed by atoms with van der Waals surface area (Å²) in [5.41, 5.74) is 0.696. The molecule has 13 heteroatoms. The molecule has 196 valence electrons. The summed E-state index contributed by atoms with van der Waals surface area (Å²) >= 11 is 0. The number of rotatable bonds is 6. The molecule has 1 aliphatic rings. The molecule has 1 fully saturated rings. The molecule has 1 N–H and O–H groups in total. The van der Waals surface area contributed by atoms with E-state index in [1.54, 1.807) is 18.3 Å². The Balaban J connectivity index is 1.53. The van der Waals surface area contributed by atoms with Crippen molar-refractivity contribution in [2.75, 3.05) is 43.4 Å². The molecule has 0 unspecified atom stereocenters. The SMILES string of the molecule is CCc1nc(Nc2ncc(-c3ccncn3)c(-c3cccc(C(F)(F)F)c3)n2)nc(N2CCN(C)CC2)n1. The van der Waals surface area contributed by atoms with Crippen LogP contribution in [0.1, 0.15) is 18.3 Å². The summed E-state index contributed by atoms with van der Waals surface area (Å²) in [4.78, 5) is 35.1. The van der Waals surface area contributed by atoms with Gasteiger partial charge in [0, 0.05) is 56.1 Å². The van der Waals surface area contributed by atoms with Gasteiger partial charge in [0.2, 0.25) is 17.8 Å². The third-order valence-corrected chi connectivity index (χ3v) is 6.11. The van der Waals surface area contributed by atoms with Crippen molar-refractivity contribution in [3.8, 4) is 22.5 Å². The minimum atomic E-state index is -4.50. The Kier molecular flexibility index (Phi) is 7.09. The van der Waals surface area contributed by atoms with Gasteiger partial charge in [-0.3, -0.25) is 5.32 Å². The number of nitrogens with zero attached hydrogens (tertiary/aromatic N) is 9. The first kappa shape index (κ1) is 25.4. The monoisotopic (exact) mass is 522 g/mol. The largest absolute Gasteiger partial charge is 0.416 e. The van der Waals surface area contributed by atoms with Gasteiger partial charge in [0.15, 0.2) is 0 Å². The predicted octanol–water partition coefficient (Wildman–Crippen LogP) is 3.86. The maximum absolute atomic E-state index is 13.5. The fourth-order valence-corrected chi connectivity index (χ4v) is 4.01. The maximum atomic E-state index is 13.5. The van der Waals surface area contributed by atoms with Crippen LogP contribution in [0, 0.1) is 0 Å². The van der Waals surface area contributed by atoms with Gasteiger partial charge in [0.25, 0.3) is 0 Å². The zero-order valence-electron chi connectivity index (χ0n) is 20.8. The summed E-state index contributed by atoms with van der Waals surface area (Å²) < 4.78 is 40.4. The zero-order valence-corrected chi connectivity index (χ0v) is 20.8. The summed E-state index contributed by atoms with van der Waals surface area (Å²) in [6, 6.07) is 6.63. The highest BCUT2D eigenvalue weighted by molar-refractivity contribution is 5.79. The molecule has 0 amide bonds. The summed E-state index contributed by atoms with van der Waals surface area (Å²) in [6.45, 7) is 5.30. The van der Waals surface area contributed by atoms with Crippen LogP contribution < -0.4 is 10.2 Å². The molecule has 10 nitrogen and oxygen atoms in total. The smallest absolute Gasteiger partial charge is 0.338 e. The van der Waals surface area contributed by atoms with Crippen LogP contribution in [0.3, 0.4) is 0 Å². The van der Waals surface area contributed by atoms with Crippen molar-refractivity contribution in [2.45, 2.75) is 19.5 Å². The molecule has 0 atom stereocenters. The first-order valence-electron chi connectivity index (χ1n) is 12.1. The molecule has 0 bridgehead atoms. The van der Waals surface area contributed by atoms with E-state index in [0.29, 0.717) is 29.5 Å². The third kappa shape index (κ3) is 5.67. The summed E-state index contributed by atoms with van der Waals surface area (Å²) in [7, 11) is 2.07. The van der Waals surface area contributed by atoms with Crippen LogP contribution in [0.15, 0.2) is 49.1 Å². The summed E-state index contributed by atoms with van der Waals surface area (Å²) in [6.07, 6.45) is 0.507. The van der Waals surface area contributed by atoms with Gasteiger partial charge in [-0.25, -0.2) is 19.9 Å². The van der Waals surface area contributed by atoms with Gasteiger partial charge < -0.3 is 9.80 Å². The van der Waals surface area contributed by atoms with Crippen molar-refractivity contribution in [1.29, 1.82) is 0 Å². The van der Waals surface area contributed by atoms with Crippen molar-refractivity contribution in [3.63, 3.8) is 0 Å². The molecule has 1 aliphatic heterocycles. The molecule has 0 saturated carbocycles. The summed E-state index contributed by atoms with van der Waals surface area (Å²) in [5, 5.41) is 3.02. The van der Waals surface area contributed by atoms with Crippen molar-refractivity contribution in [3.05, 3.63) is 60.4 Å². The van der Waals surface area contributed by atoms with E-state index in [2.05, 4.69) is 57.1 Å². The number of likely N-dealkylation sites (N-methyl/N-ethyl adjacent to an activating group) is 1. The first-order valence-corrected chi connectivity index (χ1v) is 12.1. The van der Waals surface area contributed by atoms with E-state index in [-0.39, 0.29) is 23.2 Å². The lowest BCUT2D eigenvalue weighted by molar-refractivity contribution is -0.137. The first-order chi connectivity index (χ1) is 18.3. The number of hydrogen-bond donors (Lipinski definition) is 1. The van der Waals surface area contributed by atoms with Crippen LogP contribution >= 0.6 is 0 Å². The third-order valence-electron chi connectivity index (χ3n) is 6.11. The Hall–Kier alpha value is -4.26. The van der Waals surface area contributed by atoms with Crippen LogP contribution in [-0.2, 0) is 12.6 Å². The molecule has 0 radical (unpaired) electrons. The number of halogens is 3. The van der Waals surface area contributed by atoms with Crippen molar-refractivity contribution < 1.29 is 13.2 Å². The minimum absolute atomic E-state index is 0.132. The highest BCUT2D eigenvalue weighted by Crippen LogP contribution is 2.35. The lowest BCUT2D eigenvalue weighted by atomic mass is 10.0. The number of alkyl halides is 3. The van der Waals surface area contributed by atoms with Crippen molar-refractivity contribution in [1.82, 2.24) is 39.8 Å². The van der Waals surface area contributed by atoms with Crippen LogP contribution in [0.5, 0.6) is 0 Å². The highest BCUT2D eigenvalue weighted by Gasteiger charge is 2.31. The lowest BCUT2D eigenvalue weighted by Crippen LogP contribution is -2.45. The Morgan fingerprint density at radius 3 is 2.47 bits per heavy atom. The molecular formula is C25H25F3N10. The number of aromatic nitrogens is 7. The van der Waals surface area contributed by atoms with Gasteiger partial charge in [-0.1, -0.05) is 19.1 Å². The minimum Gasteiger partial charge on any atom is -0.338 e. The van der Waals surface area contributed by atoms with E-state index in [1.807, 2.05) is 6.92 Å². The molecule has 38 heavy (non-hydrogen) atoms. The molecule has 5 rings (SSSR count). The van der Waals surface area contributed by atoms with Crippen LogP contribution in [0.4, 0.5) is 31.0 Å². The number of anilines is 3. The van der Waals surface area contributed by atoms with E-state index >= 15 is 0 Å². The molecule has 1 saturated heterocycles. The number of benzene rings is 1. The zero-order chi connectivity index (χ0) is 26.7. The quantitative estimate of drug-likeness (QED) is 0.401.